The van der Waals surface area contributed by atoms with Crippen LogP contribution in [-0.4, -0.2) is 42.2 Å². The van der Waals surface area contributed by atoms with Crippen LogP contribution in [0, 0.1) is 11.7 Å². The molecule has 5 nitrogen and oxygen atoms in total. The standard InChI is InChI=1S/C13H19FN2O3S/c1-20(18,19)16-6-2-3-10(9-16)7-13(17)11-4-5-15-8-12(11)14/h4-5,8,10,13,17H,2-3,6-7,9H2,1H3. The van der Waals surface area contributed by atoms with Crippen LogP contribution in [0.15, 0.2) is 18.5 Å². The molecule has 0 radical (unpaired) electrons. The number of aromatic nitrogens is 1. The number of aliphatic hydroxyl groups excluding tert-OH is 1. The highest BCUT2D eigenvalue weighted by Gasteiger charge is 2.28. The van der Waals surface area contributed by atoms with E-state index in [-0.39, 0.29) is 11.5 Å². The second kappa shape index (κ2) is 6.15. The van der Waals surface area contributed by atoms with Crippen LogP contribution in [0.25, 0.3) is 0 Å². The number of hydrogen-bond donors (Lipinski definition) is 1. The van der Waals surface area contributed by atoms with Crippen molar-refractivity contribution in [2.75, 3.05) is 19.3 Å². The molecule has 2 heterocycles. The highest BCUT2D eigenvalue weighted by atomic mass is 32.2. The Hall–Kier alpha value is -1.05. The summed E-state index contributed by atoms with van der Waals surface area (Å²) in [5, 5.41) is 10.1. The highest BCUT2D eigenvalue weighted by molar-refractivity contribution is 7.88. The zero-order valence-electron chi connectivity index (χ0n) is 11.4. The first-order valence-electron chi connectivity index (χ1n) is 6.60. The van der Waals surface area contributed by atoms with E-state index < -0.39 is 21.9 Å². The van der Waals surface area contributed by atoms with Gasteiger partial charge >= 0.3 is 0 Å². The van der Waals surface area contributed by atoms with E-state index in [9.17, 15) is 17.9 Å². The summed E-state index contributed by atoms with van der Waals surface area (Å²) in [5.41, 5.74) is 0.219. The minimum atomic E-state index is -3.20. The fraction of sp³-hybridized carbons (Fsp3) is 0.615. The molecule has 0 amide bonds. The van der Waals surface area contributed by atoms with E-state index in [0.29, 0.717) is 19.5 Å². The average molecular weight is 302 g/mol. The van der Waals surface area contributed by atoms with Crippen molar-refractivity contribution in [3.8, 4) is 0 Å². The fourth-order valence-electron chi connectivity index (χ4n) is 2.62. The fourth-order valence-corrected chi connectivity index (χ4v) is 3.56. The number of aliphatic hydroxyl groups is 1. The minimum absolute atomic E-state index is 0.0426. The van der Waals surface area contributed by atoms with E-state index in [1.807, 2.05) is 0 Å². The van der Waals surface area contributed by atoms with Gasteiger partial charge in [0, 0.05) is 24.8 Å². The quantitative estimate of drug-likeness (QED) is 0.910. The zero-order chi connectivity index (χ0) is 14.8. The Morgan fingerprint density at radius 3 is 3.00 bits per heavy atom. The van der Waals surface area contributed by atoms with Crippen LogP contribution < -0.4 is 0 Å². The van der Waals surface area contributed by atoms with E-state index in [4.69, 9.17) is 0 Å². The Bertz CT molecular complexity index is 564. The Morgan fingerprint density at radius 1 is 1.60 bits per heavy atom. The number of sulfonamides is 1. The number of piperidine rings is 1. The molecule has 0 spiro atoms. The summed E-state index contributed by atoms with van der Waals surface area (Å²) in [6.45, 7) is 0.914. The van der Waals surface area contributed by atoms with Gasteiger partial charge < -0.3 is 5.11 Å². The number of pyridine rings is 1. The van der Waals surface area contributed by atoms with Gasteiger partial charge in [0.05, 0.1) is 18.6 Å². The van der Waals surface area contributed by atoms with Crippen molar-refractivity contribution >= 4 is 10.0 Å². The lowest BCUT2D eigenvalue weighted by Crippen LogP contribution is -2.39. The number of nitrogens with zero attached hydrogens (tertiary/aromatic N) is 2. The number of halogens is 1. The lowest BCUT2D eigenvalue weighted by atomic mass is 9.91. The van der Waals surface area contributed by atoms with Crippen LogP contribution in [0.3, 0.4) is 0 Å². The molecule has 7 heteroatoms. The van der Waals surface area contributed by atoms with Gasteiger partial charge in [-0.2, -0.15) is 0 Å². The summed E-state index contributed by atoms with van der Waals surface area (Å²) in [6, 6.07) is 1.46. The Balaban J connectivity index is 2.01. The first kappa shape index (κ1) is 15.3. The van der Waals surface area contributed by atoms with Crippen LogP contribution in [0.1, 0.15) is 30.9 Å². The Morgan fingerprint density at radius 2 is 2.35 bits per heavy atom. The van der Waals surface area contributed by atoms with E-state index in [1.165, 1.54) is 22.8 Å². The normalized spacial score (nSPS) is 22.6. The summed E-state index contributed by atoms with van der Waals surface area (Å²) in [4.78, 5) is 3.64. The molecule has 1 aromatic heterocycles. The second-order valence-electron chi connectivity index (χ2n) is 5.28. The van der Waals surface area contributed by atoms with Crippen molar-refractivity contribution in [3.05, 3.63) is 29.8 Å². The lowest BCUT2D eigenvalue weighted by molar-refractivity contribution is 0.119. The molecule has 112 valence electrons. The van der Waals surface area contributed by atoms with E-state index >= 15 is 0 Å². The SMILES string of the molecule is CS(=O)(=O)N1CCCC(CC(O)c2ccncc2F)C1. The van der Waals surface area contributed by atoms with Gasteiger partial charge in [0.1, 0.15) is 5.82 Å². The third-order valence-corrected chi connectivity index (χ3v) is 4.94. The molecule has 1 N–H and O–H groups in total. The monoisotopic (exact) mass is 302 g/mol. The van der Waals surface area contributed by atoms with Crippen LogP contribution in [0.2, 0.25) is 0 Å². The van der Waals surface area contributed by atoms with Gasteiger partial charge in [-0.05, 0) is 31.2 Å². The predicted octanol–water partition coefficient (Wildman–Crippen LogP) is 1.32. The first-order chi connectivity index (χ1) is 9.38. The highest BCUT2D eigenvalue weighted by Crippen LogP contribution is 2.29. The van der Waals surface area contributed by atoms with Gasteiger partial charge in [0.15, 0.2) is 0 Å². The van der Waals surface area contributed by atoms with E-state index in [2.05, 4.69) is 4.98 Å². The maximum Gasteiger partial charge on any atom is 0.211 e. The topological polar surface area (TPSA) is 70.5 Å². The Labute approximate surface area is 118 Å². The molecule has 20 heavy (non-hydrogen) atoms. The van der Waals surface area contributed by atoms with Crippen molar-refractivity contribution in [3.63, 3.8) is 0 Å². The van der Waals surface area contributed by atoms with Gasteiger partial charge in [-0.15, -0.1) is 0 Å². The minimum Gasteiger partial charge on any atom is -0.388 e. The molecular formula is C13H19FN2O3S. The van der Waals surface area contributed by atoms with Crippen LogP contribution in [-0.2, 0) is 10.0 Å². The number of rotatable bonds is 4. The molecule has 1 aliphatic rings. The average Bonchev–Trinajstić information content (AvgIpc) is 2.38. The molecule has 2 unspecified atom stereocenters. The lowest BCUT2D eigenvalue weighted by Gasteiger charge is -2.32. The summed E-state index contributed by atoms with van der Waals surface area (Å²) < 4.78 is 38.0. The van der Waals surface area contributed by atoms with Gasteiger partial charge in [0.25, 0.3) is 0 Å². The van der Waals surface area contributed by atoms with E-state index in [0.717, 1.165) is 19.0 Å². The Kier molecular flexibility index (Phi) is 4.72. The third kappa shape index (κ3) is 3.74. The van der Waals surface area contributed by atoms with Crippen LogP contribution >= 0.6 is 0 Å². The van der Waals surface area contributed by atoms with Crippen LogP contribution in [0.4, 0.5) is 4.39 Å². The summed E-state index contributed by atoms with van der Waals surface area (Å²) in [6.07, 6.45) is 4.73. The third-order valence-electron chi connectivity index (χ3n) is 3.67. The summed E-state index contributed by atoms with van der Waals surface area (Å²) in [5.74, 6) is -0.489. The van der Waals surface area contributed by atoms with Crippen molar-refractivity contribution in [2.45, 2.75) is 25.4 Å². The van der Waals surface area contributed by atoms with Crippen molar-refractivity contribution in [2.24, 2.45) is 5.92 Å². The van der Waals surface area contributed by atoms with E-state index in [1.54, 1.807) is 0 Å². The smallest absolute Gasteiger partial charge is 0.211 e. The molecule has 1 aliphatic heterocycles. The van der Waals surface area contributed by atoms with Crippen LogP contribution in [0.5, 0.6) is 0 Å². The summed E-state index contributed by atoms with van der Waals surface area (Å²) in [7, 11) is -3.20. The maximum atomic E-state index is 13.5. The van der Waals surface area contributed by atoms with Crippen molar-refractivity contribution < 1.29 is 17.9 Å². The first-order valence-corrected chi connectivity index (χ1v) is 8.45. The molecule has 1 aromatic rings. The zero-order valence-corrected chi connectivity index (χ0v) is 12.2. The molecule has 0 aliphatic carbocycles. The summed E-state index contributed by atoms with van der Waals surface area (Å²) >= 11 is 0. The van der Waals surface area contributed by atoms with Gasteiger partial charge in [0.2, 0.25) is 10.0 Å². The number of hydrogen-bond acceptors (Lipinski definition) is 4. The molecule has 0 saturated carbocycles. The second-order valence-corrected chi connectivity index (χ2v) is 7.26. The molecule has 1 fully saturated rings. The predicted molar refractivity (Wildman–Crippen MR) is 72.9 cm³/mol. The maximum absolute atomic E-state index is 13.5. The molecule has 0 bridgehead atoms. The largest absolute Gasteiger partial charge is 0.388 e. The molecule has 0 aromatic carbocycles. The van der Waals surface area contributed by atoms with Crippen molar-refractivity contribution in [1.82, 2.24) is 9.29 Å². The van der Waals surface area contributed by atoms with Crippen molar-refractivity contribution in [1.29, 1.82) is 0 Å². The van der Waals surface area contributed by atoms with Gasteiger partial charge in [-0.3, -0.25) is 4.98 Å². The van der Waals surface area contributed by atoms with Gasteiger partial charge in [-0.25, -0.2) is 17.1 Å². The molecular weight excluding hydrogens is 283 g/mol. The molecule has 2 atom stereocenters. The van der Waals surface area contributed by atoms with Gasteiger partial charge in [-0.1, -0.05) is 0 Å². The molecule has 1 saturated heterocycles. The molecule has 2 rings (SSSR count).